The van der Waals surface area contributed by atoms with Crippen LogP contribution in [0.1, 0.15) is 12.0 Å². The van der Waals surface area contributed by atoms with Crippen LogP contribution in [-0.4, -0.2) is 40.0 Å². The average Bonchev–Trinajstić information content (AvgIpc) is 2.29. The Morgan fingerprint density at radius 1 is 1.59 bits per heavy atom. The van der Waals surface area contributed by atoms with Crippen LogP contribution in [0.15, 0.2) is 24.5 Å². The topological polar surface area (TPSA) is 96.5 Å². The van der Waals surface area contributed by atoms with Crippen molar-refractivity contribution < 1.29 is 14.7 Å². The van der Waals surface area contributed by atoms with Gasteiger partial charge in [0.1, 0.15) is 6.04 Å². The van der Waals surface area contributed by atoms with Gasteiger partial charge in [-0.3, -0.25) is 14.6 Å². The average molecular weight is 237 g/mol. The Labute approximate surface area is 99.1 Å². The van der Waals surface area contributed by atoms with Crippen molar-refractivity contribution in [2.75, 3.05) is 7.05 Å². The third kappa shape index (κ3) is 4.20. The van der Waals surface area contributed by atoms with Gasteiger partial charge in [-0.1, -0.05) is 6.07 Å². The Morgan fingerprint density at radius 2 is 2.29 bits per heavy atom. The van der Waals surface area contributed by atoms with Crippen molar-refractivity contribution in [2.24, 2.45) is 5.73 Å². The number of aromatic nitrogens is 1. The SMILES string of the molecule is CN(Cc1cccnc1)C(=O)CC(N)C(=O)O. The Hall–Kier alpha value is -1.95. The number of rotatable bonds is 5. The Kier molecular flexibility index (Phi) is 4.59. The molecule has 0 aliphatic carbocycles. The number of carbonyl (C=O) groups excluding carboxylic acids is 1. The van der Waals surface area contributed by atoms with Gasteiger partial charge in [-0.2, -0.15) is 0 Å². The van der Waals surface area contributed by atoms with Crippen LogP contribution >= 0.6 is 0 Å². The van der Waals surface area contributed by atoms with Gasteiger partial charge in [0.25, 0.3) is 0 Å². The lowest BCUT2D eigenvalue weighted by molar-refractivity contribution is -0.142. The molecule has 0 aromatic carbocycles. The van der Waals surface area contributed by atoms with Crippen LogP contribution in [0.4, 0.5) is 0 Å². The molecule has 6 nitrogen and oxygen atoms in total. The summed E-state index contributed by atoms with van der Waals surface area (Å²) in [6, 6.07) is 2.46. The summed E-state index contributed by atoms with van der Waals surface area (Å²) in [6.45, 7) is 0.388. The summed E-state index contributed by atoms with van der Waals surface area (Å²) in [7, 11) is 1.60. The van der Waals surface area contributed by atoms with E-state index in [0.717, 1.165) is 5.56 Å². The zero-order valence-electron chi connectivity index (χ0n) is 9.54. The Balaban J connectivity index is 2.50. The Bertz CT molecular complexity index is 394. The molecule has 1 amide bonds. The van der Waals surface area contributed by atoms with Crippen molar-refractivity contribution in [2.45, 2.75) is 19.0 Å². The highest BCUT2D eigenvalue weighted by Crippen LogP contribution is 2.03. The summed E-state index contributed by atoms with van der Waals surface area (Å²) in [4.78, 5) is 27.5. The lowest BCUT2D eigenvalue weighted by Gasteiger charge is -2.18. The number of carboxylic acids is 1. The van der Waals surface area contributed by atoms with Crippen molar-refractivity contribution >= 4 is 11.9 Å². The molecule has 92 valence electrons. The number of aliphatic carboxylic acids is 1. The number of carbonyl (C=O) groups is 2. The predicted molar refractivity (Wildman–Crippen MR) is 60.9 cm³/mol. The molecule has 0 aliphatic heterocycles. The van der Waals surface area contributed by atoms with E-state index in [1.165, 1.54) is 4.90 Å². The van der Waals surface area contributed by atoms with Gasteiger partial charge in [0.2, 0.25) is 5.91 Å². The van der Waals surface area contributed by atoms with E-state index in [4.69, 9.17) is 10.8 Å². The highest BCUT2D eigenvalue weighted by atomic mass is 16.4. The van der Waals surface area contributed by atoms with Crippen LogP contribution in [0.2, 0.25) is 0 Å². The molecule has 1 heterocycles. The molecule has 0 spiro atoms. The quantitative estimate of drug-likeness (QED) is 0.741. The van der Waals surface area contributed by atoms with Crippen LogP contribution in [-0.2, 0) is 16.1 Å². The second-order valence-electron chi connectivity index (χ2n) is 3.76. The molecule has 0 saturated carbocycles. The highest BCUT2D eigenvalue weighted by Gasteiger charge is 2.18. The molecule has 1 atom stereocenters. The number of amides is 1. The first-order chi connectivity index (χ1) is 8.00. The Morgan fingerprint density at radius 3 is 2.82 bits per heavy atom. The summed E-state index contributed by atoms with van der Waals surface area (Å²) < 4.78 is 0. The molecular weight excluding hydrogens is 222 g/mol. The van der Waals surface area contributed by atoms with Crippen molar-refractivity contribution in [3.05, 3.63) is 30.1 Å². The van der Waals surface area contributed by atoms with Gasteiger partial charge in [-0.05, 0) is 11.6 Å². The summed E-state index contributed by atoms with van der Waals surface area (Å²) in [5.74, 6) is -1.48. The summed E-state index contributed by atoms with van der Waals surface area (Å²) >= 11 is 0. The smallest absolute Gasteiger partial charge is 0.321 e. The lowest BCUT2D eigenvalue weighted by atomic mass is 10.2. The van der Waals surface area contributed by atoms with Crippen molar-refractivity contribution in [1.82, 2.24) is 9.88 Å². The van der Waals surface area contributed by atoms with Gasteiger partial charge < -0.3 is 15.7 Å². The molecule has 3 N–H and O–H groups in total. The second-order valence-corrected chi connectivity index (χ2v) is 3.76. The van der Waals surface area contributed by atoms with E-state index in [1.54, 1.807) is 25.5 Å². The molecule has 1 aromatic heterocycles. The zero-order valence-corrected chi connectivity index (χ0v) is 9.54. The molecule has 0 radical (unpaired) electrons. The zero-order chi connectivity index (χ0) is 12.8. The van der Waals surface area contributed by atoms with Crippen molar-refractivity contribution in [1.29, 1.82) is 0 Å². The lowest BCUT2D eigenvalue weighted by Crippen LogP contribution is -2.37. The monoisotopic (exact) mass is 237 g/mol. The molecule has 17 heavy (non-hydrogen) atoms. The minimum atomic E-state index is -1.17. The van der Waals surface area contributed by atoms with Gasteiger partial charge in [-0.15, -0.1) is 0 Å². The van der Waals surface area contributed by atoms with Crippen molar-refractivity contribution in [3.63, 3.8) is 0 Å². The summed E-state index contributed by atoms with van der Waals surface area (Å²) in [5.41, 5.74) is 6.17. The van der Waals surface area contributed by atoms with E-state index in [9.17, 15) is 9.59 Å². The van der Waals surface area contributed by atoms with Crippen LogP contribution in [0.5, 0.6) is 0 Å². The number of hydrogen-bond donors (Lipinski definition) is 2. The number of hydrogen-bond acceptors (Lipinski definition) is 4. The van der Waals surface area contributed by atoms with E-state index in [0.29, 0.717) is 6.54 Å². The molecule has 1 unspecified atom stereocenters. The molecule has 0 fully saturated rings. The summed E-state index contributed by atoms with van der Waals surface area (Å²) in [6.07, 6.45) is 3.10. The third-order valence-corrected chi connectivity index (χ3v) is 2.28. The molecule has 6 heteroatoms. The van der Waals surface area contributed by atoms with Gasteiger partial charge in [0, 0.05) is 26.0 Å². The maximum absolute atomic E-state index is 11.6. The van der Waals surface area contributed by atoms with E-state index in [2.05, 4.69) is 4.98 Å². The minimum Gasteiger partial charge on any atom is -0.480 e. The largest absolute Gasteiger partial charge is 0.480 e. The minimum absolute atomic E-state index is 0.202. The predicted octanol–water partition coefficient (Wildman–Crippen LogP) is -0.158. The van der Waals surface area contributed by atoms with E-state index < -0.39 is 12.0 Å². The molecule has 1 rings (SSSR count). The fourth-order valence-electron chi connectivity index (χ4n) is 1.28. The first-order valence-electron chi connectivity index (χ1n) is 5.12. The third-order valence-electron chi connectivity index (χ3n) is 2.28. The molecular formula is C11H15N3O3. The van der Waals surface area contributed by atoms with Crippen LogP contribution in [0, 0.1) is 0 Å². The van der Waals surface area contributed by atoms with Crippen LogP contribution in [0.3, 0.4) is 0 Å². The van der Waals surface area contributed by atoms with E-state index in [-0.39, 0.29) is 12.3 Å². The maximum Gasteiger partial charge on any atom is 0.321 e. The first kappa shape index (κ1) is 13.1. The molecule has 0 aliphatic rings. The fraction of sp³-hybridized carbons (Fsp3) is 0.364. The number of pyridine rings is 1. The first-order valence-corrected chi connectivity index (χ1v) is 5.12. The molecule has 1 aromatic rings. The van der Waals surface area contributed by atoms with Gasteiger partial charge in [0.15, 0.2) is 0 Å². The fourth-order valence-corrected chi connectivity index (χ4v) is 1.28. The maximum atomic E-state index is 11.6. The van der Waals surface area contributed by atoms with Gasteiger partial charge in [-0.25, -0.2) is 0 Å². The second kappa shape index (κ2) is 5.95. The number of carboxylic acid groups (broad SMARTS) is 1. The molecule has 0 bridgehead atoms. The normalized spacial score (nSPS) is 11.9. The number of nitrogens with zero attached hydrogens (tertiary/aromatic N) is 2. The van der Waals surface area contributed by atoms with Crippen molar-refractivity contribution in [3.8, 4) is 0 Å². The standard InChI is InChI=1S/C11H15N3O3/c1-14(7-8-3-2-4-13-6-8)10(15)5-9(12)11(16)17/h2-4,6,9H,5,7,12H2,1H3,(H,16,17). The van der Waals surface area contributed by atoms with Crippen LogP contribution < -0.4 is 5.73 Å². The van der Waals surface area contributed by atoms with E-state index in [1.807, 2.05) is 6.07 Å². The highest BCUT2D eigenvalue weighted by molar-refractivity contribution is 5.84. The summed E-state index contributed by atoms with van der Waals surface area (Å²) in [5, 5.41) is 8.60. The van der Waals surface area contributed by atoms with Gasteiger partial charge >= 0.3 is 5.97 Å². The van der Waals surface area contributed by atoms with Gasteiger partial charge in [0.05, 0.1) is 6.42 Å². The van der Waals surface area contributed by atoms with Crippen LogP contribution in [0.25, 0.3) is 0 Å². The van der Waals surface area contributed by atoms with E-state index >= 15 is 0 Å². The molecule has 0 saturated heterocycles. The number of nitrogens with two attached hydrogens (primary N) is 1.